The van der Waals surface area contributed by atoms with Crippen LogP contribution in [0.5, 0.6) is 0 Å². The molecular formula is C56H75F2N8O13P. The molecule has 8 N–H and O–H groups in total. The van der Waals surface area contributed by atoms with Crippen molar-refractivity contribution in [3.63, 3.8) is 0 Å². The summed E-state index contributed by atoms with van der Waals surface area (Å²) >= 11 is 0. The summed E-state index contributed by atoms with van der Waals surface area (Å²) in [5.74, 6) is -4.99. The molecule has 0 spiro atoms. The first-order valence-corrected chi connectivity index (χ1v) is 28.2. The van der Waals surface area contributed by atoms with Crippen LogP contribution in [0.4, 0.5) is 8.78 Å². The van der Waals surface area contributed by atoms with E-state index in [1.807, 2.05) is 65.6 Å². The van der Waals surface area contributed by atoms with E-state index in [-0.39, 0.29) is 42.4 Å². The molecule has 0 unspecified atom stereocenters. The lowest BCUT2D eigenvalue weighted by atomic mass is 9.98. The summed E-state index contributed by atoms with van der Waals surface area (Å²) in [5.41, 5.74) is 5.25. The maximum atomic E-state index is 16.6. The molecule has 2 aliphatic heterocycles. The predicted octanol–water partition coefficient (Wildman–Crippen LogP) is 6.11. The highest BCUT2D eigenvalue weighted by Gasteiger charge is 2.56. The van der Waals surface area contributed by atoms with Gasteiger partial charge < -0.3 is 56.4 Å². The van der Waals surface area contributed by atoms with Gasteiger partial charge in [0.25, 0.3) is 5.91 Å². The number of benzene rings is 3. The highest BCUT2D eigenvalue weighted by atomic mass is 31.2. The standard InChI is InChI=1S/C56H75F2N8O13P/c1-54(2,3)52(72)76-34-78-80(74,79-35-77-53(73)55(4,5)6)56(57,58)39-19-21-41-38(31-39)32-43(61-41)49(69)63-44-33-65(27-14-30-75-29-13-26-59)28-25-40-20-23-45(66(40)51(44)71)50(70)62-42(22-24-46(60)67)48(68)64-47(36-15-9-7-10-16-36)37-17-11-8-12-18-37/h7-12,15-19,21,31-32,40,42,44-45,47,61H,13-14,20,22-30,33-35,59H2,1-6H3,(H2,60,67)(H,62,70)(H,63,69)(H,64,68)/t40-,42+,44+,45+/m1/s1. The Kier molecular flexibility index (Phi) is 21.7. The molecule has 2 aliphatic rings. The fourth-order valence-electron chi connectivity index (χ4n) is 9.17. The summed E-state index contributed by atoms with van der Waals surface area (Å²) < 4.78 is 72.9. The molecule has 4 atom stereocenters. The van der Waals surface area contributed by atoms with Gasteiger partial charge >= 0.3 is 25.2 Å². The zero-order valence-corrected chi connectivity index (χ0v) is 47.0. The van der Waals surface area contributed by atoms with Gasteiger partial charge in [0, 0.05) is 61.8 Å². The number of aromatic amines is 1. The van der Waals surface area contributed by atoms with Crippen LogP contribution in [0.3, 0.4) is 0 Å². The largest absolute Gasteiger partial charge is 0.438 e. The van der Waals surface area contributed by atoms with Gasteiger partial charge in [0.15, 0.2) is 0 Å². The van der Waals surface area contributed by atoms with E-state index in [9.17, 15) is 33.3 Å². The molecule has 21 nitrogen and oxygen atoms in total. The van der Waals surface area contributed by atoms with E-state index in [0.29, 0.717) is 58.5 Å². The molecule has 24 heteroatoms. The highest BCUT2D eigenvalue weighted by molar-refractivity contribution is 7.54. The second-order valence-corrected chi connectivity index (χ2v) is 24.0. The molecule has 80 heavy (non-hydrogen) atoms. The van der Waals surface area contributed by atoms with Crippen LogP contribution in [-0.4, -0.2) is 133 Å². The third kappa shape index (κ3) is 16.5. The molecule has 3 aromatic carbocycles. The van der Waals surface area contributed by atoms with Crippen molar-refractivity contribution in [3.05, 3.63) is 107 Å². The minimum atomic E-state index is -5.69. The Morgan fingerprint density at radius 1 is 0.800 bits per heavy atom. The smallest absolute Gasteiger partial charge is 0.410 e. The fourth-order valence-corrected chi connectivity index (χ4v) is 10.4. The number of hydrogen-bond acceptors (Lipinski definition) is 15. The maximum absolute atomic E-state index is 16.6. The third-order valence-corrected chi connectivity index (χ3v) is 15.4. The van der Waals surface area contributed by atoms with Gasteiger partial charge in [-0.3, -0.25) is 47.2 Å². The van der Waals surface area contributed by atoms with Gasteiger partial charge in [-0.1, -0.05) is 66.7 Å². The number of amides is 5. The van der Waals surface area contributed by atoms with Crippen LogP contribution in [0.15, 0.2) is 84.9 Å². The van der Waals surface area contributed by atoms with Crippen molar-refractivity contribution < 1.29 is 70.2 Å². The van der Waals surface area contributed by atoms with E-state index in [2.05, 4.69) is 20.9 Å². The van der Waals surface area contributed by atoms with Crippen LogP contribution in [0.1, 0.15) is 120 Å². The van der Waals surface area contributed by atoms with Gasteiger partial charge in [-0.15, -0.1) is 0 Å². The maximum Gasteiger partial charge on any atom is 0.410 e. The minimum Gasteiger partial charge on any atom is -0.438 e. The van der Waals surface area contributed by atoms with Gasteiger partial charge in [0.2, 0.25) is 37.2 Å². The van der Waals surface area contributed by atoms with E-state index < -0.39 is 115 Å². The number of primary amides is 1. The zero-order valence-electron chi connectivity index (χ0n) is 46.1. The number of carbonyl (C=O) groups excluding carboxylic acids is 7. The Hall–Kier alpha value is -6.62. The SMILES string of the molecule is CC(C)(C)C(=O)OCOP(=O)(OCOC(=O)C(C)(C)C)C(F)(F)c1ccc2[nH]c(C(=O)N[C@H]3CN(CCCOCCCN)CC[C@H]4CC[C@@H](C(=O)N[C@@H](CCC(N)=O)C(=O)NC(c5ccccc5)c5ccccc5)N4C3=O)cc2c1. The number of hydrogen-bond donors (Lipinski definition) is 6. The van der Waals surface area contributed by atoms with E-state index in [4.69, 9.17) is 34.7 Å². The molecule has 0 aliphatic carbocycles. The number of aromatic nitrogens is 1. The monoisotopic (exact) mass is 1140 g/mol. The van der Waals surface area contributed by atoms with Crippen LogP contribution in [0.2, 0.25) is 0 Å². The van der Waals surface area contributed by atoms with Crippen LogP contribution < -0.4 is 27.4 Å². The molecule has 436 valence electrons. The summed E-state index contributed by atoms with van der Waals surface area (Å²) in [6, 6.07) is 18.1. The molecule has 3 heterocycles. The molecule has 0 saturated carbocycles. The lowest BCUT2D eigenvalue weighted by Crippen LogP contribution is -2.61. The first kappa shape index (κ1) is 62.6. The molecule has 1 aromatic heterocycles. The fraction of sp³-hybridized carbons (Fsp3) is 0.518. The number of carbonyl (C=O) groups is 7. The van der Waals surface area contributed by atoms with Gasteiger partial charge in [-0.25, -0.2) is 0 Å². The van der Waals surface area contributed by atoms with Crippen molar-refractivity contribution in [3.8, 4) is 0 Å². The molecule has 2 fully saturated rings. The quantitative estimate of drug-likeness (QED) is 0.0179. The number of alkyl halides is 2. The predicted molar refractivity (Wildman–Crippen MR) is 291 cm³/mol. The van der Waals surface area contributed by atoms with E-state index >= 15 is 13.6 Å². The van der Waals surface area contributed by atoms with Crippen molar-refractivity contribution in [2.45, 2.75) is 122 Å². The lowest BCUT2D eigenvalue weighted by molar-refractivity contribution is -0.163. The summed E-state index contributed by atoms with van der Waals surface area (Å²) in [7, 11) is -5.69. The minimum absolute atomic E-state index is 0.0109. The molecule has 5 amide bonds. The lowest BCUT2D eigenvalue weighted by Gasteiger charge is -2.39. The normalized spacial score (nSPS) is 17.8. The van der Waals surface area contributed by atoms with Crippen LogP contribution >= 0.6 is 7.60 Å². The van der Waals surface area contributed by atoms with Crippen molar-refractivity contribution in [1.82, 2.24) is 30.7 Å². The summed E-state index contributed by atoms with van der Waals surface area (Å²) in [6.07, 6.45) is 2.03. The second-order valence-electron chi connectivity index (χ2n) is 21.9. The topological polar surface area (TPSA) is 293 Å². The van der Waals surface area contributed by atoms with Crippen molar-refractivity contribution in [2.24, 2.45) is 22.3 Å². The molecule has 0 radical (unpaired) electrons. The molecule has 6 rings (SSSR count). The zero-order chi connectivity index (χ0) is 58.4. The number of nitrogens with two attached hydrogens (primary N) is 2. The van der Waals surface area contributed by atoms with Gasteiger partial charge in [0.1, 0.15) is 23.8 Å². The van der Waals surface area contributed by atoms with Gasteiger partial charge in [-0.2, -0.15) is 8.78 Å². The number of ether oxygens (including phenoxy) is 3. The number of H-pyrrole nitrogens is 1. The van der Waals surface area contributed by atoms with Crippen LogP contribution in [0, 0.1) is 10.8 Å². The first-order valence-electron chi connectivity index (χ1n) is 26.7. The van der Waals surface area contributed by atoms with Crippen molar-refractivity contribution in [1.29, 1.82) is 0 Å². The van der Waals surface area contributed by atoms with Crippen LogP contribution in [0.25, 0.3) is 10.9 Å². The highest BCUT2D eigenvalue weighted by Crippen LogP contribution is 2.67. The number of esters is 2. The summed E-state index contributed by atoms with van der Waals surface area (Å²) in [5, 5.41) is 8.73. The Morgan fingerprint density at radius 3 is 1.98 bits per heavy atom. The Morgan fingerprint density at radius 2 is 1.40 bits per heavy atom. The average molecular weight is 1140 g/mol. The Balaban J connectivity index is 1.24. The van der Waals surface area contributed by atoms with Crippen molar-refractivity contribution >= 4 is 60.0 Å². The molecule has 0 bridgehead atoms. The Bertz CT molecular complexity index is 2770. The summed E-state index contributed by atoms with van der Waals surface area (Å²) in [4.78, 5) is 101. The Labute approximate surface area is 464 Å². The third-order valence-electron chi connectivity index (χ3n) is 13.6. The molecular weight excluding hydrogens is 1060 g/mol. The molecule has 2 saturated heterocycles. The second kappa shape index (κ2) is 27.7. The van der Waals surface area contributed by atoms with Gasteiger partial charge in [-0.05, 0) is 116 Å². The molecule has 4 aromatic rings. The number of rotatable bonds is 26. The van der Waals surface area contributed by atoms with Gasteiger partial charge in [0.05, 0.1) is 16.9 Å². The van der Waals surface area contributed by atoms with E-state index in [1.165, 1.54) is 58.6 Å². The first-order chi connectivity index (χ1) is 37.8. The van der Waals surface area contributed by atoms with Crippen molar-refractivity contribution in [2.75, 3.05) is 53.0 Å². The number of halogens is 2. The van der Waals surface area contributed by atoms with Crippen LogP contribution in [-0.2, 0) is 62.3 Å². The van der Waals surface area contributed by atoms with E-state index in [1.54, 1.807) is 0 Å². The van der Waals surface area contributed by atoms with E-state index in [0.717, 1.165) is 23.3 Å². The number of nitrogens with one attached hydrogen (secondary N) is 4. The summed E-state index contributed by atoms with van der Waals surface area (Å²) in [6.45, 7) is 8.99. The number of nitrogens with zero attached hydrogens (tertiary/aromatic N) is 2. The average Bonchev–Trinajstić information content (AvgIpc) is 4.05. The number of fused-ring (bicyclic) bond motifs is 2.